The van der Waals surface area contributed by atoms with Gasteiger partial charge in [-0.3, -0.25) is 4.79 Å². The second kappa shape index (κ2) is 18.7. The van der Waals surface area contributed by atoms with Crippen LogP contribution in [0.2, 0.25) is 0 Å². The molecule has 0 N–H and O–H groups in total. The van der Waals surface area contributed by atoms with Crippen molar-refractivity contribution in [3.8, 4) is 0 Å². The molecule has 0 saturated heterocycles. The van der Waals surface area contributed by atoms with E-state index in [2.05, 4.69) is 25.5 Å². The van der Waals surface area contributed by atoms with E-state index in [1.165, 1.54) is 62.8 Å². The number of carbonyl (C=O) groups is 1. The molecular weight excluding hydrogens is 302 g/mol. The summed E-state index contributed by atoms with van der Waals surface area (Å²) < 4.78 is 10.5. The van der Waals surface area contributed by atoms with Gasteiger partial charge in [0.25, 0.3) is 0 Å². The summed E-state index contributed by atoms with van der Waals surface area (Å²) in [6, 6.07) is 0. The number of hydrogen-bond acceptors (Lipinski definition) is 3. The number of methoxy groups -OCH3 is 1. The normalized spacial score (nSPS) is 10.9. The molecule has 4 nitrogen and oxygen atoms in total. The van der Waals surface area contributed by atoms with Crippen molar-refractivity contribution >= 4 is 5.97 Å². The molecule has 0 aliphatic heterocycles. The standard InChI is InChI=1S/C18H38NO2.C2H6O/c1-5-19(6-2,7-3)17-15-13-11-9-10-12-14-16-18(20)21-8-4;1-3-2/h5-17H2,1-4H3;1-2H3/q+1;. The quantitative estimate of drug-likeness (QED) is 0.257. The lowest BCUT2D eigenvalue weighted by molar-refractivity contribution is -0.923. The highest BCUT2D eigenvalue weighted by atomic mass is 16.5. The highest BCUT2D eigenvalue weighted by molar-refractivity contribution is 5.69. The summed E-state index contributed by atoms with van der Waals surface area (Å²) in [5, 5.41) is 0. The van der Waals surface area contributed by atoms with Gasteiger partial charge in [-0.1, -0.05) is 25.7 Å². The fraction of sp³-hybridized carbons (Fsp3) is 0.950. The van der Waals surface area contributed by atoms with Crippen molar-refractivity contribution in [1.29, 1.82) is 0 Å². The molecule has 4 heteroatoms. The first-order valence-electron chi connectivity index (χ1n) is 9.96. The third kappa shape index (κ3) is 14.9. The van der Waals surface area contributed by atoms with E-state index in [1.807, 2.05) is 6.92 Å². The Hall–Kier alpha value is -0.610. The van der Waals surface area contributed by atoms with Gasteiger partial charge in [0.05, 0.1) is 32.8 Å². The molecule has 0 heterocycles. The van der Waals surface area contributed by atoms with E-state index in [1.54, 1.807) is 14.2 Å². The van der Waals surface area contributed by atoms with Crippen LogP contribution in [0, 0.1) is 0 Å². The third-order valence-electron chi connectivity index (χ3n) is 4.83. The lowest BCUT2D eigenvalue weighted by atomic mass is 10.1. The minimum absolute atomic E-state index is 0.0368. The lowest BCUT2D eigenvalue weighted by Gasteiger charge is -2.35. The minimum atomic E-state index is -0.0368. The van der Waals surface area contributed by atoms with E-state index < -0.39 is 0 Å². The average Bonchev–Trinajstić information content (AvgIpc) is 2.58. The molecule has 0 bridgehead atoms. The van der Waals surface area contributed by atoms with Gasteiger partial charge in [0.15, 0.2) is 0 Å². The molecule has 0 radical (unpaired) electrons. The van der Waals surface area contributed by atoms with Crippen LogP contribution in [0.5, 0.6) is 0 Å². The van der Waals surface area contributed by atoms with Gasteiger partial charge in [-0.2, -0.15) is 0 Å². The molecule has 0 rings (SSSR count). The zero-order chi connectivity index (χ0) is 18.7. The number of nitrogens with zero attached hydrogens (tertiary/aromatic N) is 1. The van der Waals surface area contributed by atoms with Gasteiger partial charge >= 0.3 is 5.97 Å². The third-order valence-corrected chi connectivity index (χ3v) is 4.83. The van der Waals surface area contributed by atoms with Gasteiger partial charge in [-0.05, 0) is 47.0 Å². The van der Waals surface area contributed by atoms with E-state index in [0.717, 1.165) is 12.8 Å². The van der Waals surface area contributed by atoms with Crippen molar-refractivity contribution in [2.24, 2.45) is 0 Å². The number of carbonyl (C=O) groups excluding carboxylic acids is 1. The van der Waals surface area contributed by atoms with Crippen molar-refractivity contribution < 1.29 is 18.8 Å². The number of ether oxygens (including phenoxy) is 2. The van der Waals surface area contributed by atoms with Crippen LogP contribution in [0.15, 0.2) is 0 Å². The molecule has 0 amide bonds. The summed E-state index contributed by atoms with van der Waals surface area (Å²) >= 11 is 0. The van der Waals surface area contributed by atoms with Crippen LogP contribution in [-0.4, -0.2) is 57.5 Å². The molecule has 0 aromatic heterocycles. The second-order valence-corrected chi connectivity index (χ2v) is 6.45. The summed E-state index contributed by atoms with van der Waals surface area (Å²) in [6.45, 7) is 14.5. The monoisotopic (exact) mass is 346 g/mol. The van der Waals surface area contributed by atoms with E-state index in [9.17, 15) is 4.79 Å². The summed E-state index contributed by atoms with van der Waals surface area (Å²) in [5.41, 5.74) is 0. The molecule has 0 unspecified atom stereocenters. The maximum absolute atomic E-state index is 11.2. The van der Waals surface area contributed by atoms with Crippen molar-refractivity contribution in [3.05, 3.63) is 0 Å². The molecule has 0 aromatic carbocycles. The topological polar surface area (TPSA) is 35.5 Å². The predicted molar refractivity (Wildman–Crippen MR) is 103 cm³/mol. The Labute approximate surface area is 151 Å². The van der Waals surface area contributed by atoms with Crippen LogP contribution in [0.3, 0.4) is 0 Å². The molecule has 0 aliphatic rings. The van der Waals surface area contributed by atoms with Crippen LogP contribution in [0.1, 0.15) is 79.1 Å². The SMILES string of the molecule is CCOC(=O)CCCCCCCCC[N+](CC)(CC)CC.COC. The molecule has 0 aliphatic carbocycles. The minimum Gasteiger partial charge on any atom is -0.466 e. The van der Waals surface area contributed by atoms with E-state index in [-0.39, 0.29) is 5.97 Å². The average molecular weight is 347 g/mol. The van der Waals surface area contributed by atoms with Crippen LogP contribution in [-0.2, 0) is 14.3 Å². The van der Waals surface area contributed by atoms with Crippen molar-refractivity contribution in [3.63, 3.8) is 0 Å². The van der Waals surface area contributed by atoms with Gasteiger partial charge in [0, 0.05) is 20.6 Å². The molecule has 0 atom stereocenters. The highest BCUT2D eigenvalue weighted by Gasteiger charge is 2.19. The summed E-state index contributed by atoms with van der Waals surface area (Å²) in [6.07, 6.45) is 9.38. The Balaban J connectivity index is 0. The molecule has 24 heavy (non-hydrogen) atoms. The number of rotatable bonds is 14. The zero-order valence-corrected chi connectivity index (χ0v) is 17.4. The first-order chi connectivity index (χ1) is 11.6. The summed E-state index contributed by atoms with van der Waals surface area (Å²) in [4.78, 5) is 11.2. The molecule has 0 fully saturated rings. The van der Waals surface area contributed by atoms with Gasteiger partial charge in [0.2, 0.25) is 0 Å². The maximum Gasteiger partial charge on any atom is 0.305 e. The molecule has 0 spiro atoms. The Kier molecular flexibility index (Phi) is 20.0. The van der Waals surface area contributed by atoms with Gasteiger partial charge < -0.3 is 14.0 Å². The molecule has 146 valence electrons. The summed E-state index contributed by atoms with van der Waals surface area (Å²) in [7, 11) is 3.25. The first-order valence-corrected chi connectivity index (χ1v) is 9.96. The number of esters is 1. The first kappa shape index (κ1) is 25.6. The van der Waals surface area contributed by atoms with Crippen molar-refractivity contribution in [2.75, 3.05) is 47.0 Å². The van der Waals surface area contributed by atoms with E-state index >= 15 is 0 Å². The fourth-order valence-corrected chi connectivity index (χ4v) is 2.98. The van der Waals surface area contributed by atoms with E-state index in [4.69, 9.17) is 4.74 Å². The molecule has 0 saturated carbocycles. The Morgan fingerprint density at radius 3 is 1.58 bits per heavy atom. The number of hydrogen-bond donors (Lipinski definition) is 0. The van der Waals surface area contributed by atoms with Crippen LogP contribution >= 0.6 is 0 Å². The Morgan fingerprint density at radius 2 is 1.17 bits per heavy atom. The highest BCUT2D eigenvalue weighted by Crippen LogP contribution is 2.12. The zero-order valence-electron chi connectivity index (χ0n) is 17.4. The van der Waals surface area contributed by atoms with Crippen molar-refractivity contribution in [1.82, 2.24) is 0 Å². The van der Waals surface area contributed by atoms with Crippen molar-refractivity contribution in [2.45, 2.75) is 79.1 Å². The van der Waals surface area contributed by atoms with Crippen LogP contribution < -0.4 is 0 Å². The smallest absolute Gasteiger partial charge is 0.305 e. The largest absolute Gasteiger partial charge is 0.466 e. The van der Waals surface area contributed by atoms with Gasteiger partial charge in [-0.25, -0.2) is 0 Å². The summed E-state index contributed by atoms with van der Waals surface area (Å²) in [5.74, 6) is -0.0368. The van der Waals surface area contributed by atoms with Gasteiger partial charge in [0.1, 0.15) is 0 Å². The number of quaternary nitrogens is 1. The predicted octanol–water partition coefficient (Wildman–Crippen LogP) is 4.81. The fourth-order valence-electron chi connectivity index (χ4n) is 2.98. The second-order valence-electron chi connectivity index (χ2n) is 6.45. The van der Waals surface area contributed by atoms with Crippen LogP contribution in [0.25, 0.3) is 0 Å². The Bertz CT molecular complexity index is 257. The Morgan fingerprint density at radius 1 is 0.750 bits per heavy atom. The van der Waals surface area contributed by atoms with E-state index in [0.29, 0.717) is 13.0 Å². The molecular formula is C20H44NO3+. The number of unbranched alkanes of at least 4 members (excludes halogenated alkanes) is 6. The van der Waals surface area contributed by atoms with Gasteiger partial charge in [-0.15, -0.1) is 0 Å². The molecule has 0 aromatic rings. The maximum atomic E-state index is 11.2. The van der Waals surface area contributed by atoms with Crippen LogP contribution in [0.4, 0.5) is 0 Å². The lowest BCUT2D eigenvalue weighted by Crippen LogP contribution is -2.48.